The molecule has 3 aromatic rings. The van der Waals surface area contributed by atoms with Crippen molar-refractivity contribution in [1.82, 2.24) is 4.98 Å². The predicted octanol–water partition coefficient (Wildman–Crippen LogP) is 4.58. The molecule has 0 aliphatic carbocycles. The lowest BCUT2D eigenvalue weighted by Crippen LogP contribution is -2.11. The van der Waals surface area contributed by atoms with E-state index in [1.54, 1.807) is 17.4 Å². The second-order valence-electron chi connectivity index (χ2n) is 5.65. The van der Waals surface area contributed by atoms with Gasteiger partial charge >= 0.3 is 0 Å². The van der Waals surface area contributed by atoms with Crippen molar-refractivity contribution in [3.63, 3.8) is 0 Å². The van der Waals surface area contributed by atoms with Crippen LogP contribution in [0.15, 0.2) is 42.5 Å². The number of amides is 1. The highest BCUT2D eigenvalue weighted by molar-refractivity contribution is 7.18. The molecule has 0 aliphatic rings. The maximum atomic E-state index is 12.3. The molecule has 1 N–H and O–H groups in total. The molecule has 1 heterocycles. The monoisotopic (exact) mass is 341 g/mol. The van der Waals surface area contributed by atoms with E-state index in [0.717, 1.165) is 15.2 Å². The van der Waals surface area contributed by atoms with Gasteiger partial charge in [-0.1, -0.05) is 13.8 Å². The van der Waals surface area contributed by atoms with Crippen LogP contribution in [0.25, 0.3) is 10.2 Å². The molecular weight excluding hydrogens is 326 g/mol. The van der Waals surface area contributed by atoms with Crippen molar-refractivity contribution in [3.05, 3.63) is 63.1 Å². The molecule has 0 fully saturated rings. The summed E-state index contributed by atoms with van der Waals surface area (Å²) in [6.07, 6.45) is 0. The van der Waals surface area contributed by atoms with E-state index in [0.29, 0.717) is 17.2 Å². The Labute approximate surface area is 142 Å². The standard InChI is InChI=1S/C17H15N3O3S/c1-10(2)17-19-14-8-5-12(9-15(14)24-17)18-16(21)11-3-6-13(7-4-11)20(22)23/h3-10H,1-2H3,(H,18,21). The first kappa shape index (κ1) is 16.1. The van der Waals surface area contributed by atoms with Crippen LogP contribution < -0.4 is 5.32 Å². The molecule has 7 heteroatoms. The smallest absolute Gasteiger partial charge is 0.269 e. The van der Waals surface area contributed by atoms with Crippen LogP contribution in [0.2, 0.25) is 0 Å². The molecule has 0 unspecified atom stereocenters. The first-order chi connectivity index (χ1) is 11.4. The zero-order valence-corrected chi connectivity index (χ0v) is 14.0. The number of non-ortho nitro benzene ring substituents is 1. The molecule has 0 spiro atoms. The molecule has 0 aliphatic heterocycles. The van der Waals surface area contributed by atoms with E-state index in [-0.39, 0.29) is 11.6 Å². The number of thiazole rings is 1. The molecule has 0 bridgehead atoms. The molecule has 3 rings (SSSR count). The Bertz CT molecular complexity index is 916. The predicted molar refractivity (Wildman–Crippen MR) is 94.8 cm³/mol. The molecule has 1 aromatic heterocycles. The summed E-state index contributed by atoms with van der Waals surface area (Å²) in [6, 6.07) is 11.1. The average Bonchev–Trinajstić information content (AvgIpc) is 2.98. The molecule has 0 radical (unpaired) electrons. The molecule has 2 aromatic carbocycles. The second kappa shape index (κ2) is 6.37. The Morgan fingerprint density at radius 3 is 2.54 bits per heavy atom. The Hall–Kier alpha value is -2.80. The van der Waals surface area contributed by atoms with Crippen molar-refractivity contribution in [1.29, 1.82) is 0 Å². The third-order valence-corrected chi connectivity index (χ3v) is 4.82. The van der Waals surface area contributed by atoms with E-state index in [2.05, 4.69) is 24.1 Å². The van der Waals surface area contributed by atoms with Crippen molar-refractivity contribution in [2.24, 2.45) is 0 Å². The van der Waals surface area contributed by atoms with Gasteiger partial charge in [0.05, 0.1) is 20.1 Å². The minimum absolute atomic E-state index is 0.0427. The molecule has 0 saturated carbocycles. The summed E-state index contributed by atoms with van der Waals surface area (Å²) in [5, 5.41) is 14.5. The fourth-order valence-corrected chi connectivity index (χ4v) is 3.21. The summed E-state index contributed by atoms with van der Waals surface area (Å²) in [5.41, 5.74) is 1.91. The maximum Gasteiger partial charge on any atom is 0.269 e. The van der Waals surface area contributed by atoms with E-state index in [4.69, 9.17) is 0 Å². The number of rotatable bonds is 4. The Morgan fingerprint density at radius 2 is 1.92 bits per heavy atom. The van der Waals surface area contributed by atoms with Gasteiger partial charge in [0.2, 0.25) is 0 Å². The summed E-state index contributed by atoms with van der Waals surface area (Å²) < 4.78 is 1.01. The molecule has 122 valence electrons. The number of nitro benzene ring substituents is 1. The normalized spacial score (nSPS) is 11.0. The van der Waals surface area contributed by atoms with Crippen LogP contribution in [0.3, 0.4) is 0 Å². The van der Waals surface area contributed by atoms with Gasteiger partial charge in [0.15, 0.2) is 0 Å². The number of nitrogens with one attached hydrogen (secondary N) is 1. The number of carbonyl (C=O) groups excluding carboxylic acids is 1. The van der Waals surface area contributed by atoms with Gasteiger partial charge in [0, 0.05) is 29.3 Å². The zero-order chi connectivity index (χ0) is 17.3. The van der Waals surface area contributed by atoms with Crippen molar-refractivity contribution in [2.45, 2.75) is 19.8 Å². The van der Waals surface area contributed by atoms with Gasteiger partial charge in [-0.3, -0.25) is 14.9 Å². The average molecular weight is 341 g/mol. The number of nitrogens with zero attached hydrogens (tertiary/aromatic N) is 2. The zero-order valence-electron chi connectivity index (χ0n) is 13.1. The largest absolute Gasteiger partial charge is 0.322 e. The lowest BCUT2D eigenvalue weighted by atomic mass is 10.2. The summed E-state index contributed by atoms with van der Waals surface area (Å²) in [7, 11) is 0. The van der Waals surface area contributed by atoms with Gasteiger partial charge in [-0.2, -0.15) is 0 Å². The Morgan fingerprint density at radius 1 is 1.21 bits per heavy atom. The van der Waals surface area contributed by atoms with Crippen molar-refractivity contribution in [3.8, 4) is 0 Å². The molecule has 0 atom stereocenters. The van der Waals surface area contributed by atoms with Crippen LogP contribution in [-0.2, 0) is 0 Å². The quantitative estimate of drug-likeness (QED) is 0.556. The van der Waals surface area contributed by atoms with E-state index in [1.165, 1.54) is 24.3 Å². The van der Waals surface area contributed by atoms with E-state index in [1.807, 2.05) is 12.1 Å². The van der Waals surface area contributed by atoms with Gasteiger partial charge in [0.25, 0.3) is 11.6 Å². The van der Waals surface area contributed by atoms with Crippen LogP contribution >= 0.6 is 11.3 Å². The lowest BCUT2D eigenvalue weighted by molar-refractivity contribution is -0.384. The Balaban J connectivity index is 1.80. The van der Waals surface area contributed by atoms with Crippen LogP contribution in [0, 0.1) is 10.1 Å². The molecule has 24 heavy (non-hydrogen) atoms. The van der Waals surface area contributed by atoms with Gasteiger partial charge in [0.1, 0.15) is 0 Å². The number of benzene rings is 2. The molecule has 1 amide bonds. The van der Waals surface area contributed by atoms with Crippen molar-refractivity contribution < 1.29 is 9.72 Å². The highest BCUT2D eigenvalue weighted by Gasteiger charge is 2.11. The summed E-state index contributed by atoms with van der Waals surface area (Å²) in [4.78, 5) is 27.0. The maximum absolute atomic E-state index is 12.3. The van der Waals surface area contributed by atoms with Crippen LogP contribution in [0.1, 0.15) is 35.1 Å². The number of fused-ring (bicyclic) bond motifs is 1. The van der Waals surface area contributed by atoms with E-state index >= 15 is 0 Å². The Kier molecular flexibility index (Phi) is 4.26. The van der Waals surface area contributed by atoms with E-state index in [9.17, 15) is 14.9 Å². The highest BCUT2D eigenvalue weighted by atomic mass is 32.1. The van der Waals surface area contributed by atoms with Crippen LogP contribution in [0.5, 0.6) is 0 Å². The number of anilines is 1. The van der Waals surface area contributed by atoms with Gasteiger partial charge in [-0.15, -0.1) is 11.3 Å². The summed E-state index contributed by atoms with van der Waals surface area (Å²) in [5.74, 6) is 0.0541. The number of carbonyl (C=O) groups is 1. The lowest BCUT2D eigenvalue weighted by Gasteiger charge is -2.05. The fraction of sp³-hybridized carbons (Fsp3) is 0.176. The molecule has 0 saturated heterocycles. The van der Waals surface area contributed by atoms with Crippen LogP contribution in [0.4, 0.5) is 11.4 Å². The number of hydrogen-bond acceptors (Lipinski definition) is 5. The minimum atomic E-state index is -0.494. The number of aromatic nitrogens is 1. The third-order valence-electron chi connectivity index (χ3n) is 3.50. The van der Waals surface area contributed by atoms with Crippen molar-refractivity contribution in [2.75, 3.05) is 5.32 Å². The van der Waals surface area contributed by atoms with Crippen LogP contribution in [-0.4, -0.2) is 15.8 Å². The second-order valence-corrected chi connectivity index (χ2v) is 6.71. The number of hydrogen-bond donors (Lipinski definition) is 1. The minimum Gasteiger partial charge on any atom is -0.322 e. The fourth-order valence-electron chi connectivity index (χ4n) is 2.20. The highest BCUT2D eigenvalue weighted by Crippen LogP contribution is 2.29. The first-order valence-corrected chi connectivity index (χ1v) is 8.22. The molecule has 6 nitrogen and oxygen atoms in total. The molecular formula is C17H15N3O3S. The SMILES string of the molecule is CC(C)c1nc2ccc(NC(=O)c3ccc([N+](=O)[O-])cc3)cc2s1. The summed E-state index contributed by atoms with van der Waals surface area (Å²) in [6.45, 7) is 4.18. The topological polar surface area (TPSA) is 85.1 Å². The van der Waals surface area contributed by atoms with Gasteiger partial charge < -0.3 is 5.32 Å². The van der Waals surface area contributed by atoms with E-state index < -0.39 is 4.92 Å². The third kappa shape index (κ3) is 3.26. The van der Waals surface area contributed by atoms with Gasteiger partial charge in [-0.25, -0.2) is 4.98 Å². The van der Waals surface area contributed by atoms with Crippen molar-refractivity contribution >= 4 is 38.8 Å². The first-order valence-electron chi connectivity index (χ1n) is 7.40. The summed E-state index contributed by atoms with van der Waals surface area (Å²) >= 11 is 1.61. The number of nitro groups is 1. The van der Waals surface area contributed by atoms with Gasteiger partial charge in [-0.05, 0) is 30.3 Å².